The number of ether oxygens (including phenoxy) is 1. The van der Waals surface area contributed by atoms with Crippen LogP contribution in [0, 0.1) is 11.8 Å². The van der Waals surface area contributed by atoms with Crippen molar-refractivity contribution in [2.75, 3.05) is 20.3 Å². The molecular formula is C9H20O4. The summed E-state index contributed by atoms with van der Waals surface area (Å²) in [4.78, 5) is 0. The van der Waals surface area contributed by atoms with E-state index in [2.05, 4.69) is 0 Å². The molecule has 0 radical (unpaired) electrons. The lowest BCUT2D eigenvalue weighted by atomic mass is 9.92. The third-order valence-electron chi connectivity index (χ3n) is 2.43. The zero-order valence-corrected chi connectivity index (χ0v) is 8.47. The van der Waals surface area contributed by atoms with Crippen molar-refractivity contribution in [3.63, 3.8) is 0 Å². The standard InChI is InChI=1S/C8H16O3.CH4O/c1-5(3-9)8-6(2)7(10)4-11-8;1-2/h5-10H,3-4H2,1-2H3;2H,1H3/t5?,6?,7-,8-;/m1./s1. The minimum absolute atomic E-state index is 0.0231. The summed E-state index contributed by atoms with van der Waals surface area (Å²) in [7, 11) is 1.00. The summed E-state index contributed by atoms with van der Waals surface area (Å²) in [5, 5.41) is 25.1. The molecule has 1 saturated heterocycles. The molecule has 1 heterocycles. The molecule has 0 bridgehead atoms. The summed E-state index contributed by atoms with van der Waals surface area (Å²) in [6.45, 7) is 4.42. The van der Waals surface area contributed by atoms with E-state index in [1.807, 2.05) is 13.8 Å². The third-order valence-corrected chi connectivity index (χ3v) is 2.43. The minimum atomic E-state index is -0.353. The molecule has 1 aliphatic heterocycles. The van der Waals surface area contributed by atoms with Crippen LogP contribution in [0.3, 0.4) is 0 Å². The second-order valence-corrected chi connectivity index (χ2v) is 3.38. The normalized spacial score (nSPS) is 35.1. The van der Waals surface area contributed by atoms with E-state index in [-0.39, 0.29) is 30.7 Å². The molecule has 80 valence electrons. The summed E-state index contributed by atoms with van der Waals surface area (Å²) >= 11 is 0. The first-order valence-corrected chi connectivity index (χ1v) is 4.52. The second kappa shape index (κ2) is 6.32. The van der Waals surface area contributed by atoms with E-state index in [0.717, 1.165) is 7.11 Å². The van der Waals surface area contributed by atoms with Crippen LogP contribution in [-0.2, 0) is 4.74 Å². The Balaban J connectivity index is 0.000000671. The Morgan fingerprint density at radius 2 is 2.00 bits per heavy atom. The molecule has 0 spiro atoms. The van der Waals surface area contributed by atoms with Crippen molar-refractivity contribution in [1.82, 2.24) is 0 Å². The number of hydrogen-bond donors (Lipinski definition) is 3. The third kappa shape index (κ3) is 3.23. The van der Waals surface area contributed by atoms with E-state index >= 15 is 0 Å². The highest BCUT2D eigenvalue weighted by molar-refractivity contribution is 4.83. The molecule has 2 unspecified atom stereocenters. The lowest BCUT2D eigenvalue weighted by Gasteiger charge is -2.20. The van der Waals surface area contributed by atoms with Gasteiger partial charge in [0.05, 0.1) is 18.8 Å². The van der Waals surface area contributed by atoms with Crippen molar-refractivity contribution in [2.45, 2.75) is 26.1 Å². The Bertz CT molecular complexity index is 129. The zero-order valence-electron chi connectivity index (χ0n) is 8.47. The number of rotatable bonds is 2. The van der Waals surface area contributed by atoms with Gasteiger partial charge in [0.15, 0.2) is 0 Å². The first-order chi connectivity index (χ1) is 6.16. The van der Waals surface area contributed by atoms with Gasteiger partial charge in [0.1, 0.15) is 0 Å². The number of aliphatic hydroxyl groups excluding tert-OH is 3. The fraction of sp³-hybridized carbons (Fsp3) is 1.00. The largest absolute Gasteiger partial charge is 0.400 e. The SMILES string of the molecule is CC(CO)[C@H]1OC[C@@H](O)C1C.CO. The molecule has 0 aromatic carbocycles. The van der Waals surface area contributed by atoms with Gasteiger partial charge in [-0.05, 0) is 0 Å². The predicted octanol–water partition coefficient (Wildman–Crippen LogP) is -0.381. The van der Waals surface area contributed by atoms with E-state index < -0.39 is 0 Å². The summed E-state index contributed by atoms with van der Waals surface area (Å²) < 4.78 is 5.32. The van der Waals surface area contributed by atoms with Crippen LogP contribution >= 0.6 is 0 Å². The Morgan fingerprint density at radius 1 is 1.46 bits per heavy atom. The van der Waals surface area contributed by atoms with Gasteiger partial charge in [0, 0.05) is 25.6 Å². The first-order valence-electron chi connectivity index (χ1n) is 4.52. The average Bonchev–Trinajstić information content (AvgIpc) is 2.50. The molecule has 1 aliphatic rings. The fourth-order valence-electron chi connectivity index (χ4n) is 1.52. The van der Waals surface area contributed by atoms with Crippen LogP contribution in [0.15, 0.2) is 0 Å². The molecule has 0 aliphatic carbocycles. The Kier molecular flexibility index (Phi) is 6.24. The summed E-state index contributed by atoms with van der Waals surface area (Å²) in [6.07, 6.45) is -0.330. The summed E-state index contributed by atoms with van der Waals surface area (Å²) in [5.41, 5.74) is 0. The molecule has 4 heteroatoms. The summed E-state index contributed by atoms with van der Waals surface area (Å²) in [6, 6.07) is 0. The molecule has 1 fully saturated rings. The van der Waals surface area contributed by atoms with Gasteiger partial charge >= 0.3 is 0 Å². The molecule has 3 N–H and O–H groups in total. The van der Waals surface area contributed by atoms with Crippen LogP contribution in [0.4, 0.5) is 0 Å². The van der Waals surface area contributed by atoms with Gasteiger partial charge < -0.3 is 20.1 Å². The summed E-state index contributed by atoms with van der Waals surface area (Å²) in [5.74, 6) is 0.277. The highest BCUT2D eigenvalue weighted by Crippen LogP contribution is 2.26. The second-order valence-electron chi connectivity index (χ2n) is 3.38. The molecule has 0 saturated carbocycles. The highest BCUT2D eigenvalue weighted by Gasteiger charge is 2.35. The van der Waals surface area contributed by atoms with Crippen LogP contribution in [0.25, 0.3) is 0 Å². The van der Waals surface area contributed by atoms with Gasteiger partial charge in [-0.25, -0.2) is 0 Å². The quantitative estimate of drug-likeness (QED) is 0.558. The van der Waals surface area contributed by atoms with Gasteiger partial charge in [0.25, 0.3) is 0 Å². The Morgan fingerprint density at radius 3 is 2.31 bits per heavy atom. The van der Waals surface area contributed by atoms with Crippen molar-refractivity contribution in [3.05, 3.63) is 0 Å². The van der Waals surface area contributed by atoms with E-state index in [1.54, 1.807) is 0 Å². The highest BCUT2D eigenvalue weighted by atomic mass is 16.5. The number of aliphatic hydroxyl groups is 3. The van der Waals surface area contributed by atoms with Crippen LogP contribution in [0.5, 0.6) is 0 Å². The minimum Gasteiger partial charge on any atom is -0.400 e. The van der Waals surface area contributed by atoms with Crippen LogP contribution in [0.2, 0.25) is 0 Å². The molecule has 1 rings (SSSR count). The van der Waals surface area contributed by atoms with Crippen molar-refractivity contribution >= 4 is 0 Å². The molecule has 0 aromatic rings. The maximum Gasteiger partial charge on any atom is 0.0824 e. The first kappa shape index (κ1) is 12.8. The molecule has 0 aromatic heterocycles. The maximum atomic E-state index is 9.31. The zero-order chi connectivity index (χ0) is 10.4. The van der Waals surface area contributed by atoms with Crippen molar-refractivity contribution in [1.29, 1.82) is 0 Å². The molecule has 0 amide bonds. The lowest BCUT2D eigenvalue weighted by molar-refractivity contribution is 0.0277. The molecule has 13 heavy (non-hydrogen) atoms. The monoisotopic (exact) mass is 192 g/mol. The van der Waals surface area contributed by atoms with Gasteiger partial charge in [0.2, 0.25) is 0 Å². The molecule has 4 nitrogen and oxygen atoms in total. The average molecular weight is 192 g/mol. The predicted molar refractivity (Wildman–Crippen MR) is 49.3 cm³/mol. The topological polar surface area (TPSA) is 69.9 Å². The smallest absolute Gasteiger partial charge is 0.0824 e. The maximum absolute atomic E-state index is 9.31. The van der Waals surface area contributed by atoms with Gasteiger partial charge in [-0.3, -0.25) is 0 Å². The Labute approximate surface area is 79.2 Å². The van der Waals surface area contributed by atoms with Gasteiger partial charge in [-0.1, -0.05) is 13.8 Å². The van der Waals surface area contributed by atoms with E-state index in [1.165, 1.54) is 0 Å². The van der Waals surface area contributed by atoms with Crippen molar-refractivity contribution in [3.8, 4) is 0 Å². The van der Waals surface area contributed by atoms with E-state index in [0.29, 0.717) is 6.61 Å². The number of hydrogen-bond acceptors (Lipinski definition) is 4. The van der Waals surface area contributed by atoms with Crippen molar-refractivity contribution in [2.24, 2.45) is 11.8 Å². The Hall–Kier alpha value is -0.160. The van der Waals surface area contributed by atoms with Crippen LogP contribution in [0.1, 0.15) is 13.8 Å². The van der Waals surface area contributed by atoms with Crippen molar-refractivity contribution < 1.29 is 20.1 Å². The van der Waals surface area contributed by atoms with Gasteiger partial charge in [-0.2, -0.15) is 0 Å². The fourth-order valence-corrected chi connectivity index (χ4v) is 1.52. The molecule has 4 atom stereocenters. The van der Waals surface area contributed by atoms with E-state index in [9.17, 15) is 5.11 Å². The van der Waals surface area contributed by atoms with Crippen LogP contribution < -0.4 is 0 Å². The molecular weight excluding hydrogens is 172 g/mol. The lowest BCUT2D eigenvalue weighted by Crippen LogP contribution is -2.28. The van der Waals surface area contributed by atoms with E-state index in [4.69, 9.17) is 14.9 Å². The van der Waals surface area contributed by atoms with Crippen LogP contribution in [-0.4, -0.2) is 47.9 Å². The van der Waals surface area contributed by atoms with Gasteiger partial charge in [-0.15, -0.1) is 0 Å².